The molecule has 1 aliphatic heterocycles. The van der Waals surface area contributed by atoms with Crippen LogP contribution in [0.5, 0.6) is 0 Å². The second-order valence-corrected chi connectivity index (χ2v) is 5.17. The highest BCUT2D eigenvalue weighted by molar-refractivity contribution is 6.05. The standard InChI is InChI=1S/C12H19N3O4.ClH/c16-9(14-19)8-15-10(17)7-13-12(11(15)18)5-3-1-2-4-6-12;/h13,19H,1-8H2,(H,14,16);1H. The quantitative estimate of drug-likeness (QED) is 0.378. The van der Waals surface area contributed by atoms with Crippen molar-refractivity contribution >= 4 is 30.1 Å². The summed E-state index contributed by atoms with van der Waals surface area (Å²) in [5, 5.41) is 11.6. The third kappa shape index (κ3) is 3.28. The minimum Gasteiger partial charge on any atom is -0.295 e. The Hall–Kier alpha value is -1.18. The minimum atomic E-state index is -0.757. The normalized spacial score (nSPS) is 22.1. The van der Waals surface area contributed by atoms with Crippen LogP contribution < -0.4 is 10.8 Å². The van der Waals surface area contributed by atoms with E-state index in [4.69, 9.17) is 5.21 Å². The van der Waals surface area contributed by atoms with Gasteiger partial charge in [0.25, 0.3) is 5.91 Å². The Morgan fingerprint density at radius 3 is 2.40 bits per heavy atom. The first-order chi connectivity index (χ1) is 9.09. The van der Waals surface area contributed by atoms with Crippen LogP contribution in [0.2, 0.25) is 0 Å². The summed E-state index contributed by atoms with van der Waals surface area (Å²) in [5.41, 5.74) is 0.743. The first-order valence-electron chi connectivity index (χ1n) is 6.62. The second kappa shape index (κ2) is 7.01. The summed E-state index contributed by atoms with van der Waals surface area (Å²) in [6, 6.07) is 0. The molecule has 2 aliphatic rings. The van der Waals surface area contributed by atoms with Crippen molar-refractivity contribution in [3.05, 3.63) is 0 Å². The molecule has 2 fully saturated rings. The van der Waals surface area contributed by atoms with E-state index in [9.17, 15) is 14.4 Å². The number of carbonyl (C=O) groups is 3. The Balaban J connectivity index is 0.00000200. The van der Waals surface area contributed by atoms with Gasteiger partial charge in [0.1, 0.15) is 6.54 Å². The molecule has 0 aromatic rings. The van der Waals surface area contributed by atoms with E-state index in [0.717, 1.165) is 30.6 Å². The minimum absolute atomic E-state index is 0. The maximum Gasteiger partial charge on any atom is 0.263 e. The van der Waals surface area contributed by atoms with Gasteiger partial charge >= 0.3 is 0 Å². The fourth-order valence-corrected chi connectivity index (χ4v) is 2.85. The number of hydrogen-bond acceptors (Lipinski definition) is 5. The molecule has 7 nitrogen and oxygen atoms in total. The Morgan fingerprint density at radius 2 is 1.85 bits per heavy atom. The number of nitrogens with one attached hydrogen (secondary N) is 2. The van der Waals surface area contributed by atoms with Crippen molar-refractivity contribution in [1.29, 1.82) is 0 Å². The van der Waals surface area contributed by atoms with Gasteiger partial charge in [0.05, 0.1) is 12.1 Å². The number of hydroxylamine groups is 1. The van der Waals surface area contributed by atoms with Gasteiger partial charge in [0.15, 0.2) is 0 Å². The fraction of sp³-hybridized carbons (Fsp3) is 0.750. The molecule has 3 amide bonds. The molecule has 0 unspecified atom stereocenters. The van der Waals surface area contributed by atoms with Crippen molar-refractivity contribution < 1.29 is 19.6 Å². The Morgan fingerprint density at radius 1 is 1.25 bits per heavy atom. The van der Waals surface area contributed by atoms with Gasteiger partial charge < -0.3 is 0 Å². The number of amides is 3. The Kier molecular flexibility index (Phi) is 5.91. The maximum absolute atomic E-state index is 12.5. The number of piperazine rings is 1. The molecule has 1 saturated carbocycles. The highest BCUT2D eigenvalue weighted by atomic mass is 35.5. The van der Waals surface area contributed by atoms with E-state index in [2.05, 4.69) is 5.32 Å². The topological polar surface area (TPSA) is 98.7 Å². The van der Waals surface area contributed by atoms with Crippen LogP contribution in [0, 0.1) is 0 Å². The van der Waals surface area contributed by atoms with E-state index in [1.54, 1.807) is 0 Å². The van der Waals surface area contributed by atoms with Crippen molar-refractivity contribution in [2.24, 2.45) is 0 Å². The summed E-state index contributed by atoms with van der Waals surface area (Å²) in [7, 11) is 0. The van der Waals surface area contributed by atoms with Crippen LogP contribution in [0.15, 0.2) is 0 Å². The molecule has 114 valence electrons. The number of halogens is 1. The van der Waals surface area contributed by atoms with Crippen LogP contribution in [-0.4, -0.2) is 46.5 Å². The van der Waals surface area contributed by atoms with E-state index >= 15 is 0 Å². The zero-order valence-electron chi connectivity index (χ0n) is 11.2. The lowest BCUT2D eigenvalue weighted by Gasteiger charge is -2.40. The lowest BCUT2D eigenvalue weighted by molar-refractivity contribution is -0.157. The number of imide groups is 1. The van der Waals surface area contributed by atoms with Crippen LogP contribution in [0.3, 0.4) is 0 Å². The molecular formula is C12H20ClN3O4. The molecule has 0 atom stereocenters. The van der Waals surface area contributed by atoms with Crippen molar-refractivity contribution in [2.75, 3.05) is 13.1 Å². The monoisotopic (exact) mass is 305 g/mol. The number of carbonyl (C=O) groups excluding carboxylic acids is 3. The average molecular weight is 306 g/mol. The summed E-state index contributed by atoms with van der Waals surface area (Å²) in [4.78, 5) is 36.4. The summed E-state index contributed by atoms with van der Waals surface area (Å²) in [5.74, 6) is -1.52. The van der Waals surface area contributed by atoms with Crippen LogP contribution in [0.1, 0.15) is 38.5 Å². The van der Waals surface area contributed by atoms with Gasteiger partial charge in [-0.15, -0.1) is 12.4 Å². The van der Waals surface area contributed by atoms with Gasteiger partial charge in [-0.25, -0.2) is 5.48 Å². The predicted molar refractivity (Wildman–Crippen MR) is 72.3 cm³/mol. The van der Waals surface area contributed by atoms with Crippen LogP contribution in [0.4, 0.5) is 0 Å². The van der Waals surface area contributed by atoms with E-state index in [1.807, 2.05) is 0 Å². The van der Waals surface area contributed by atoms with Gasteiger partial charge in [-0.2, -0.15) is 0 Å². The smallest absolute Gasteiger partial charge is 0.263 e. The molecule has 0 radical (unpaired) electrons. The molecular weight excluding hydrogens is 286 g/mol. The van der Waals surface area contributed by atoms with Gasteiger partial charge in [-0.05, 0) is 12.8 Å². The van der Waals surface area contributed by atoms with Crippen molar-refractivity contribution in [3.8, 4) is 0 Å². The summed E-state index contributed by atoms with van der Waals surface area (Å²) in [6.45, 7) is -0.359. The molecule has 0 bridgehead atoms. The van der Waals surface area contributed by atoms with Crippen molar-refractivity contribution in [3.63, 3.8) is 0 Å². The van der Waals surface area contributed by atoms with Gasteiger partial charge in [0.2, 0.25) is 11.8 Å². The number of hydrogen-bond donors (Lipinski definition) is 3. The van der Waals surface area contributed by atoms with E-state index in [0.29, 0.717) is 12.8 Å². The molecule has 20 heavy (non-hydrogen) atoms. The van der Waals surface area contributed by atoms with E-state index < -0.39 is 23.9 Å². The molecule has 2 rings (SSSR count). The fourth-order valence-electron chi connectivity index (χ4n) is 2.85. The summed E-state index contributed by atoms with van der Waals surface area (Å²) in [6.07, 6.45) is 5.43. The zero-order valence-corrected chi connectivity index (χ0v) is 12.0. The lowest BCUT2D eigenvalue weighted by Crippen LogP contribution is -2.67. The highest BCUT2D eigenvalue weighted by Gasteiger charge is 2.46. The second-order valence-electron chi connectivity index (χ2n) is 5.17. The largest absolute Gasteiger partial charge is 0.295 e. The van der Waals surface area contributed by atoms with Crippen molar-refractivity contribution in [2.45, 2.75) is 44.1 Å². The lowest BCUT2D eigenvalue weighted by atomic mass is 9.86. The third-order valence-electron chi connectivity index (χ3n) is 3.92. The first kappa shape index (κ1) is 16.9. The van der Waals surface area contributed by atoms with Crippen molar-refractivity contribution in [1.82, 2.24) is 15.7 Å². The SMILES string of the molecule is Cl.O=C(CN1C(=O)CNC2(CCCCCC2)C1=O)NO. The predicted octanol–water partition coefficient (Wildman–Crippen LogP) is -0.0350. The van der Waals surface area contributed by atoms with Gasteiger partial charge in [-0.3, -0.25) is 29.8 Å². The molecule has 8 heteroatoms. The molecule has 0 aromatic heterocycles. The highest BCUT2D eigenvalue weighted by Crippen LogP contribution is 2.30. The van der Waals surface area contributed by atoms with E-state index in [-0.39, 0.29) is 24.9 Å². The summed E-state index contributed by atoms with van der Waals surface area (Å²) < 4.78 is 0. The molecule has 0 aromatic carbocycles. The van der Waals surface area contributed by atoms with Crippen LogP contribution in [0.25, 0.3) is 0 Å². The summed E-state index contributed by atoms with van der Waals surface area (Å²) >= 11 is 0. The molecule has 1 aliphatic carbocycles. The van der Waals surface area contributed by atoms with Gasteiger partial charge in [0, 0.05) is 0 Å². The van der Waals surface area contributed by atoms with Crippen LogP contribution >= 0.6 is 12.4 Å². The molecule has 1 spiro atoms. The zero-order chi connectivity index (χ0) is 13.9. The number of rotatable bonds is 2. The third-order valence-corrected chi connectivity index (χ3v) is 3.92. The number of nitrogens with zero attached hydrogens (tertiary/aromatic N) is 1. The molecule has 3 N–H and O–H groups in total. The first-order valence-corrected chi connectivity index (χ1v) is 6.62. The Labute approximate surface area is 123 Å². The van der Waals surface area contributed by atoms with Crippen LogP contribution in [-0.2, 0) is 14.4 Å². The molecule has 1 saturated heterocycles. The average Bonchev–Trinajstić information content (AvgIpc) is 2.66. The Bertz CT molecular complexity index is 394. The maximum atomic E-state index is 12.5. The van der Waals surface area contributed by atoms with Gasteiger partial charge in [-0.1, -0.05) is 25.7 Å². The van der Waals surface area contributed by atoms with E-state index in [1.165, 1.54) is 5.48 Å². The molecule has 1 heterocycles.